The van der Waals surface area contributed by atoms with Crippen LogP contribution in [0.3, 0.4) is 0 Å². The molecule has 1 fully saturated rings. The van der Waals surface area contributed by atoms with E-state index in [-0.39, 0.29) is 35.5 Å². The Morgan fingerprint density at radius 3 is 2.55 bits per heavy atom. The molecule has 1 saturated heterocycles. The van der Waals surface area contributed by atoms with Crippen molar-refractivity contribution in [2.45, 2.75) is 43.7 Å². The first-order valence-corrected chi connectivity index (χ1v) is 11.0. The van der Waals surface area contributed by atoms with Gasteiger partial charge >= 0.3 is 0 Å². The molecule has 156 valence electrons. The number of hydrogen-bond donors (Lipinski definition) is 2. The molecule has 3 rings (SSSR count). The number of benzene rings is 1. The summed E-state index contributed by atoms with van der Waals surface area (Å²) >= 11 is 0. The van der Waals surface area contributed by atoms with Crippen LogP contribution >= 0.6 is 0 Å². The number of hydrogen-bond acceptors (Lipinski definition) is 5. The van der Waals surface area contributed by atoms with Crippen molar-refractivity contribution in [3.63, 3.8) is 0 Å². The van der Waals surface area contributed by atoms with Gasteiger partial charge in [-0.25, -0.2) is 8.42 Å². The molecule has 2 amide bonds. The Balaban J connectivity index is 1.55. The maximum Gasteiger partial charge on any atom is 0.251 e. The maximum atomic E-state index is 12.8. The number of amides is 2. The summed E-state index contributed by atoms with van der Waals surface area (Å²) in [5.74, 6) is -0.189. The Morgan fingerprint density at radius 1 is 1.14 bits per heavy atom. The third kappa shape index (κ3) is 5.24. The summed E-state index contributed by atoms with van der Waals surface area (Å²) in [5.41, 5.74) is 0.287. The molecular weight excluding hydrogens is 394 g/mol. The highest BCUT2D eigenvalue weighted by atomic mass is 32.2. The lowest BCUT2D eigenvalue weighted by Crippen LogP contribution is -2.41. The van der Waals surface area contributed by atoms with Crippen LogP contribution in [0.15, 0.2) is 52.0 Å². The summed E-state index contributed by atoms with van der Waals surface area (Å²) in [6, 6.07) is 9.20. The topological polar surface area (TPSA) is 109 Å². The van der Waals surface area contributed by atoms with E-state index >= 15 is 0 Å². The molecule has 9 heteroatoms. The van der Waals surface area contributed by atoms with Crippen LogP contribution in [0.5, 0.6) is 0 Å². The van der Waals surface area contributed by atoms with Crippen LogP contribution < -0.4 is 10.6 Å². The molecule has 1 aromatic carbocycles. The molecule has 0 radical (unpaired) electrons. The molecule has 0 spiro atoms. The molecule has 0 bridgehead atoms. The van der Waals surface area contributed by atoms with Gasteiger partial charge in [0.05, 0.1) is 24.2 Å². The monoisotopic (exact) mass is 419 g/mol. The Bertz CT molecular complexity index is 939. The van der Waals surface area contributed by atoms with Gasteiger partial charge in [0.2, 0.25) is 15.9 Å². The van der Waals surface area contributed by atoms with Crippen molar-refractivity contribution in [1.29, 1.82) is 0 Å². The third-order valence-electron chi connectivity index (χ3n) is 4.91. The Morgan fingerprint density at radius 2 is 1.90 bits per heavy atom. The first kappa shape index (κ1) is 21.1. The largest absolute Gasteiger partial charge is 0.467 e. The van der Waals surface area contributed by atoms with Gasteiger partial charge in [0.15, 0.2) is 0 Å². The fraction of sp³-hybridized carbons (Fsp3) is 0.400. The van der Waals surface area contributed by atoms with Gasteiger partial charge in [-0.2, -0.15) is 4.31 Å². The standard InChI is InChI=1S/C20H25N3O5S/c1-15-5-2-3-11-23(15)29(26,27)18-9-7-16(8-10-18)20(25)22-14-19(24)21-13-17-6-4-12-28-17/h4,6-10,12,15H,2-3,5,11,13-14H2,1H3,(H,21,24)(H,22,25). The average Bonchev–Trinajstić information content (AvgIpc) is 3.24. The van der Waals surface area contributed by atoms with Gasteiger partial charge in [-0.05, 0) is 56.2 Å². The van der Waals surface area contributed by atoms with E-state index in [9.17, 15) is 18.0 Å². The lowest BCUT2D eigenvalue weighted by molar-refractivity contribution is -0.120. The average molecular weight is 420 g/mol. The number of furan rings is 1. The molecule has 1 atom stereocenters. The lowest BCUT2D eigenvalue weighted by Gasteiger charge is -2.32. The minimum atomic E-state index is -3.58. The Kier molecular flexibility index (Phi) is 6.71. The summed E-state index contributed by atoms with van der Waals surface area (Å²) in [5, 5.41) is 5.15. The van der Waals surface area contributed by atoms with Gasteiger partial charge in [-0.15, -0.1) is 0 Å². The highest BCUT2D eigenvalue weighted by Crippen LogP contribution is 2.25. The van der Waals surface area contributed by atoms with Crippen molar-refractivity contribution in [1.82, 2.24) is 14.9 Å². The molecule has 1 aliphatic heterocycles. The molecular formula is C20H25N3O5S. The van der Waals surface area contributed by atoms with E-state index in [2.05, 4.69) is 10.6 Å². The van der Waals surface area contributed by atoms with Crippen LogP contribution in [-0.4, -0.2) is 43.7 Å². The highest BCUT2D eigenvalue weighted by Gasteiger charge is 2.30. The van der Waals surface area contributed by atoms with E-state index < -0.39 is 15.9 Å². The van der Waals surface area contributed by atoms with Gasteiger partial charge in [0.25, 0.3) is 5.91 Å². The molecule has 1 aliphatic rings. The van der Waals surface area contributed by atoms with Crippen LogP contribution in [-0.2, 0) is 21.4 Å². The van der Waals surface area contributed by atoms with Crippen LogP contribution in [0.25, 0.3) is 0 Å². The van der Waals surface area contributed by atoms with E-state index in [4.69, 9.17) is 4.42 Å². The zero-order valence-electron chi connectivity index (χ0n) is 16.3. The predicted octanol–water partition coefficient (Wildman–Crippen LogP) is 1.89. The molecule has 2 aromatic rings. The SMILES string of the molecule is CC1CCCCN1S(=O)(=O)c1ccc(C(=O)NCC(=O)NCc2ccco2)cc1. The first-order valence-electron chi connectivity index (χ1n) is 9.57. The number of sulfonamides is 1. The summed E-state index contributed by atoms with van der Waals surface area (Å²) in [6.45, 7) is 2.47. The Labute approximate surface area is 170 Å². The molecule has 2 N–H and O–H groups in total. The van der Waals surface area contributed by atoms with Crippen LogP contribution in [0.1, 0.15) is 42.3 Å². The fourth-order valence-corrected chi connectivity index (χ4v) is 4.97. The second kappa shape index (κ2) is 9.23. The van der Waals surface area contributed by atoms with Crippen molar-refractivity contribution in [3.05, 3.63) is 54.0 Å². The van der Waals surface area contributed by atoms with Gasteiger partial charge in [-0.1, -0.05) is 6.42 Å². The van der Waals surface area contributed by atoms with Crippen molar-refractivity contribution in [2.75, 3.05) is 13.1 Å². The zero-order chi connectivity index (χ0) is 20.9. The van der Waals surface area contributed by atoms with Crippen LogP contribution in [0.2, 0.25) is 0 Å². The van der Waals surface area contributed by atoms with E-state index in [1.54, 1.807) is 12.1 Å². The van der Waals surface area contributed by atoms with Gasteiger partial charge < -0.3 is 15.1 Å². The second-order valence-electron chi connectivity index (χ2n) is 7.02. The number of rotatable bonds is 7. The van der Waals surface area contributed by atoms with Crippen molar-refractivity contribution < 1.29 is 22.4 Å². The maximum absolute atomic E-state index is 12.8. The fourth-order valence-electron chi connectivity index (χ4n) is 3.27. The number of nitrogens with one attached hydrogen (secondary N) is 2. The molecule has 1 aromatic heterocycles. The van der Waals surface area contributed by atoms with Crippen molar-refractivity contribution in [2.24, 2.45) is 0 Å². The zero-order valence-corrected chi connectivity index (χ0v) is 17.1. The van der Waals surface area contributed by atoms with Gasteiger partial charge in [-0.3, -0.25) is 9.59 Å². The summed E-state index contributed by atoms with van der Waals surface area (Å²) in [6.07, 6.45) is 4.24. The summed E-state index contributed by atoms with van der Waals surface area (Å²) < 4.78 is 32.3. The lowest BCUT2D eigenvalue weighted by atomic mass is 10.1. The molecule has 0 saturated carbocycles. The molecule has 1 unspecified atom stereocenters. The molecule has 29 heavy (non-hydrogen) atoms. The quantitative estimate of drug-likeness (QED) is 0.712. The normalized spacial score (nSPS) is 17.6. The Hall–Kier alpha value is -2.65. The summed E-state index contributed by atoms with van der Waals surface area (Å²) in [4.78, 5) is 24.2. The van der Waals surface area contributed by atoms with Crippen LogP contribution in [0.4, 0.5) is 0 Å². The highest BCUT2D eigenvalue weighted by molar-refractivity contribution is 7.89. The number of carbonyl (C=O) groups is 2. The number of carbonyl (C=O) groups excluding carboxylic acids is 2. The van der Waals surface area contributed by atoms with E-state index in [1.807, 2.05) is 6.92 Å². The molecule has 2 heterocycles. The van der Waals surface area contributed by atoms with Gasteiger partial charge in [0.1, 0.15) is 5.76 Å². The second-order valence-corrected chi connectivity index (χ2v) is 8.91. The van der Waals surface area contributed by atoms with E-state index in [0.29, 0.717) is 12.3 Å². The minimum absolute atomic E-state index is 0.0311. The molecule has 8 nitrogen and oxygen atoms in total. The van der Waals surface area contributed by atoms with Crippen molar-refractivity contribution >= 4 is 21.8 Å². The third-order valence-corrected chi connectivity index (χ3v) is 6.94. The van der Waals surface area contributed by atoms with Gasteiger partial charge in [0, 0.05) is 18.2 Å². The van der Waals surface area contributed by atoms with E-state index in [0.717, 1.165) is 19.3 Å². The minimum Gasteiger partial charge on any atom is -0.467 e. The van der Waals surface area contributed by atoms with E-state index in [1.165, 1.54) is 34.8 Å². The smallest absolute Gasteiger partial charge is 0.251 e. The molecule has 0 aliphatic carbocycles. The summed E-state index contributed by atoms with van der Waals surface area (Å²) in [7, 11) is -3.58. The predicted molar refractivity (Wildman–Crippen MR) is 107 cm³/mol. The van der Waals surface area contributed by atoms with Crippen molar-refractivity contribution in [3.8, 4) is 0 Å². The van der Waals surface area contributed by atoms with Crippen LogP contribution in [0, 0.1) is 0 Å². The number of piperidine rings is 1. The number of nitrogens with zero attached hydrogens (tertiary/aromatic N) is 1. The first-order chi connectivity index (χ1) is 13.9.